The molecule has 0 aliphatic rings. The van der Waals surface area contributed by atoms with E-state index in [1.807, 2.05) is 7.05 Å². The molecule has 1 aromatic rings. The predicted octanol–water partition coefficient (Wildman–Crippen LogP) is 0.913. The van der Waals surface area contributed by atoms with Gasteiger partial charge in [-0.05, 0) is 19.2 Å². The molecular weight excluding hydrogens is 366 g/mol. The minimum Gasteiger partial charge on any atom is -0.423 e. The Bertz CT molecular complexity index is 710. The number of ether oxygens (including phenoxy) is 3. The number of hydrogen-bond acceptors (Lipinski definition) is 9. The van der Waals surface area contributed by atoms with Gasteiger partial charge >= 0.3 is 17.9 Å². The Morgan fingerprint density at radius 3 is 1.93 bits per heavy atom. The average Bonchev–Trinajstić information content (AvgIpc) is 2.56. The van der Waals surface area contributed by atoms with E-state index in [-0.39, 0.29) is 17.2 Å². The molecule has 9 nitrogen and oxygen atoms in total. The molecule has 0 saturated heterocycles. The summed E-state index contributed by atoms with van der Waals surface area (Å²) in [6.07, 6.45) is 0. The fourth-order valence-corrected chi connectivity index (χ4v) is 2.29. The van der Waals surface area contributed by atoms with Gasteiger partial charge in [-0.1, -0.05) is 6.58 Å². The third-order valence-electron chi connectivity index (χ3n) is 3.47. The minimum absolute atomic E-state index is 0.0559. The van der Waals surface area contributed by atoms with Crippen molar-refractivity contribution in [3.05, 3.63) is 24.3 Å². The number of nitrogens with two attached hydrogens (primary N) is 1. The van der Waals surface area contributed by atoms with Crippen molar-refractivity contribution in [3.63, 3.8) is 0 Å². The van der Waals surface area contributed by atoms with Gasteiger partial charge in [0.1, 0.15) is 0 Å². The first-order valence-electron chi connectivity index (χ1n) is 8.69. The van der Waals surface area contributed by atoms with E-state index < -0.39 is 17.9 Å². The van der Waals surface area contributed by atoms with E-state index in [0.717, 1.165) is 13.1 Å². The second-order valence-corrected chi connectivity index (χ2v) is 6.08. The van der Waals surface area contributed by atoms with Gasteiger partial charge in [0.25, 0.3) is 0 Å². The number of carbonyl (C=O) groups excluding carboxylic acids is 3. The number of hydrogen-bond donors (Lipinski definition) is 2. The second kappa shape index (κ2) is 11.1. The molecule has 0 radical (unpaired) electrons. The zero-order chi connectivity index (χ0) is 21.3. The Hall–Kier alpha value is -2.91. The fraction of sp³-hybridized carbons (Fsp3) is 0.421. The summed E-state index contributed by atoms with van der Waals surface area (Å²) in [4.78, 5) is 36.4. The molecule has 3 N–H and O–H groups in total. The Labute approximate surface area is 164 Å². The van der Waals surface area contributed by atoms with Gasteiger partial charge < -0.3 is 30.2 Å². The van der Waals surface area contributed by atoms with Crippen LogP contribution in [0.15, 0.2) is 18.7 Å². The van der Waals surface area contributed by atoms with E-state index in [0.29, 0.717) is 24.4 Å². The van der Waals surface area contributed by atoms with Crippen LogP contribution in [0, 0.1) is 0 Å². The highest BCUT2D eigenvalue weighted by Crippen LogP contribution is 2.40. The van der Waals surface area contributed by atoms with Gasteiger partial charge in [-0.2, -0.15) is 0 Å². The largest absolute Gasteiger partial charge is 0.423 e. The third-order valence-corrected chi connectivity index (χ3v) is 3.47. The molecule has 0 bridgehead atoms. The van der Waals surface area contributed by atoms with Crippen LogP contribution in [0.25, 0.3) is 5.70 Å². The normalized spacial score (nSPS) is 10.4. The van der Waals surface area contributed by atoms with Crippen LogP contribution in [0.4, 0.5) is 0 Å². The SMILES string of the molecule is C=C(NCCN(C)CCN)c1cc(OC(C)=O)c(OC(C)=O)c(OC(C)=O)c1. The maximum absolute atomic E-state index is 11.5. The summed E-state index contributed by atoms with van der Waals surface area (Å²) in [6, 6.07) is 2.96. The maximum atomic E-state index is 11.5. The number of benzene rings is 1. The first-order valence-corrected chi connectivity index (χ1v) is 8.69. The summed E-state index contributed by atoms with van der Waals surface area (Å²) < 4.78 is 15.4. The van der Waals surface area contributed by atoms with Crippen molar-refractivity contribution in [1.29, 1.82) is 0 Å². The molecule has 1 aromatic carbocycles. The number of esters is 3. The summed E-state index contributed by atoms with van der Waals surface area (Å²) in [6.45, 7) is 10.2. The first-order chi connectivity index (χ1) is 13.1. The standard InChI is InChI=1S/C19H27N3O6/c1-12(21-7-9-22(5)8-6-20)16-10-17(26-13(2)23)19(28-15(4)25)18(11-16)27-14(3)24/h10-11,21H,1,6-9,20H2,2-5H3. The third kappa shape index (κ3) is 7.77. The maximum Gasteiger partial charge on any atom is 0.308 e. The fourth-order valence-electron chi connectivity index (χ4n) is 2.29. The van der Waals surface area contributed by atoms with Gasteiger partial charge in [-0.3, -0.25) is 14.4 Å². The van der Waals surface area contributed by atoms with Crippen LogP contribution in [0.5, 0.6) is 17.2 Å². The van der Waals surface area contributed by atoms with Crippen molar-refractivity contribution in [1.82, 2.24) is 10.2 Å². The van der Waals surface area contributed by atoms with Gasteiger partial charge in [0, 0.05) is 58.2 Å². The highest BCUT2D eigenvalue weighted by Gasteiger charge is 2.21. The predicted molar refractivity (Wildman–Crippen MR) is 104 cm³/mol. The smallest absolute Gasteiger partial charge is 0.308 e. The number of rotatable bonds is 10. The molecule has 0 heterocycles. The topological polar surface area (TPSA) is 120 Å². The summed E-state index contributed by atoms with van der Waals surface area (Å²) >= 11 is 0. The minimum atomic E-state index is -0.658. The zero-order valence-corrected chi connectivity index (χ0v) is 16.7. The van der Waals surface area contributed by atoms with Crippen LogP contribution in [0.1, 0.15) is 26.3 Å². The van der Waals surface area contributed by atoms with Crippen molar-refractivity contribution < 1.29 is 28.6 Å². The molecule has 0 aromatic heterocycles. The van der Waals surface area contributed by atoms with Gasteiger partial charge in [0.2, 0.25) is 5.75 Å². The second-order valence-electron chi connectivity index (χ2n) is 6.08. The van der Waals surface area contributed by atoms with Crippen LogP contribution in [-0.4, -0.2) is 56.0 Å². The molecule has 0 atom stereocenters. The Balaban J connectivity index is 3.16. The lowest BCUT2D eigenvalue weighted by Gasteiger charge is -2.19. The number of nitrogens with one attached hydrogen (secondary N) is 1. The number of likely N-dealkylation sites (N-methyl/N-ethyl adjacent to an activating group) is 1. The summed E-state index contributed by atoms with van der Waals surface area (Å²) in [5.41, 5.74) is 6.53. The molecule has 0 aliphatic carbocycles. The van der Waals surface area contributed by atoms with Crippen LogP contribution in [0.2, 0.25) is 0 Å². The Morgan fingerprint density at radius 1 is 1.00 bits per heavy atom. The van der Waals surface area contributed by atoms with E-state index >= 15 is 0 Å². The number of nitrogens with zero attached hydrogens (tertiary/aromatic N) is 1. The van der Waals surface area contributed by atoms with E-state index in [1.54, 1.807) is 0 Å². The van der Waals surface area contributed by atoms with E-state index in [2.05, 4.69) is 16.8 Å². The molecule has 0 spiro atoms. The Kier molecular flexibility index (Phi) is 9.13. The highest BCUT2D eigenvalue weighted by molar-refractivity contribution is 5.80. The molecule has 0 fully saturated rings. The molecule has 154 valence electrons. The molecular formula is C19H27N3O6. The molecule has 1 rings (SSSR count). The van der Waals surface area contributed by atoms with E-state index in [1.165, 1.54) is 32.9 Å². The lowest BCUT2D eigenvalue weighted by molar-refractivity contribution is -0.135. The van der Waals surface area contributed by atoms with Gasteiger partial charge in [-0.15, -0.1) is 0 Å². The van der Waals surface area contributed by atoms with Gasteiger partial charge in [-0.25, -0.2) is 0 Å². The quantitative estimate of drug-likeness (QED) is 0.441. The van der Waals surface area contributed by atoms with Crippen molar-refractivity contribution in [2.45, 2.75) is 20.8 Å². The summed E-state index contributed by atoms with van der Waals surface area (Å²) in [5, 5.41) is 3.14. The van der Waals surface area contributed by atoms with Crippen molar-refractivity contribution in [3.8, 4) is 17.2 Å². The van der Waals surface area contributed by atoms with E-state index in [9.17, 15) is 14.4 Å². The number of carbonyl (C=O) groups is 3. The van der Waals surface area contributed by atoms with Crippen molar-refractivity contribution in [2.75, 3.05) is 33.2 Å². The summed E-state index contributed by atoms with van der Waals surface area (Å²) in [5.74, 6) is -2.17. The lowest BCUT2D eigenvalue weighted by atomic mass is 10.1. The van der Waals surface area contributed by atoms with Gasteiger partial charge in [0.05, 0.1) is 0 Å². The lowest BCUT2D eigenvalue weighted by Crippen LogP contribution is -2.32. The molecule has 0 saturated carbocycles. The molecule has 9 heteroatoms. The monoisotopic (exact) mass is 393 g/mol. The van der Waals surface area contributed by atoms with Crippen LogP contribution in [-0.2, 0) is 14.4 Å². The van der Waals surface area contributed by atoms with Crippen LogP contribution >= 0.6 is 0 Å². The summed E-state index contributed by atoms with van der Waals surface area (Å²) in [7, 11) is 1.95. The van der Waals surface area contributed by atoms with Crippen LogP contribution in [0.3, 0.4) is 0 Å². The highest BCUT2D eigenvalue weighted by atomic mass is 16.6. The van der Waals surface area contributed by atoms with Crippen molar-refractivity contribution in [2.24, 2.45) is 5.73 Å². The molecule has 0 aliphatic heterocycles. The molecule has 28 heavy (non-hydrogen) atoms. The molecule has 0 amide bonds. The van der Waals surface area contributed by atoms with Gasteiger partial charge in [0.15, 0.2) is 11.5 Å². The first kappa shape index (κ1) is 23.1. The molecule has 0 unspecified atom stereocenters. The van der Waals surface area contributed by atoms with Crippen molar-refractivity contribution >= 4 is 23.6 Å². The van der Waals surface area contributed by atoms with Crippen LogP contribution < -0.4 is 25.3 Å². The zero-order valence-electron chi connectivity index (χ0n) is 16.7. The Morgan fingerprint density at radius 2 is 1.50 bits per heavy atom. The van der Waals surface area contributed by atoms with E-state index in [4.69, 9.17) is 19.9 Å². The average molecular weight is 393 g/mol.